The molecule has 0 atom stereocenters. The molecule has 0 spiro atoms. The molecule has 0 aromatic heterocycles. The van der Waals surface area contributed by atoms with E-state index in [1.54, 1.807) is 0 Å². The Hall–Kier alpha value is -4.30. The number of nitrogens with zero attached hydrogens (tertiary/aromatic N) is 1. The highest BCUT2D eigenvalue weighted by Gasteiger charge is 2.15. The van der Waals surface area contributed by atoms with Gasteiger partial charge in [0.05, 0.1) is 0 Å². The molecule has 0 saturated carbocycles. The van der Waals surface area contributed by atoms with Crippen LogP contribution in [0.4, 0.5) is 28.4 Å². The summed E-state index contributed by atoms with van der Waals surface area (Å²) in [5, 5.41) is 3.61. The van der Waals surface area contributed by atoms with Crippen LogP contribution >= 0.6 is 0 Å². The molecule has 0 unspecified atom stereocenters. The summed E-state index contributed by atoms with van der Waals surface area (Å²) in [6.07, 6.45) is 0. The summed E-state index contributed by atoms with van der Waals surface area (Å²) >= 11 is 0. The zero-order chi connectivity index (χ0) is 22.5. The number of anilines is 5. The van der Waals surface area contributed by atoms with Crippen LogP contribution in [-0.2, 0) is 0 Å². The average molecular weight is 427 g/mol. The van der Waals surface area contributed by atoms with Gasteiger partial charge in [-0.05, 0) is 78.2 Å². The van der Waals surface area contributed by atoms with Gasteiger partial charge in [0.1, 0.15) is 0 Å². The molecule has 2 heteroatoms. The highest BCUT2D eigenvalue weighted by molar-refractivity contribution is 5.84. The molecule has 0 radical (unpaired) electrons. The van der Waals surface area contributed by atoms with Crippen molar-refractivity contribution in [2.75, 3.05) is 10.2 Å². The highest BCUT2D eigenvalue weighted by atomic mass is 15.1. The third-order valence-corrected chi connectivity index (χ3v) is 5.72. The fourth-order valence-electron chi connectivity index (χ4n) is 4.15. The van der Waals surface area contributed by atoms with Gasteiger partial charge in [-0.3, -0.25) is 0 Å². The van der Waals surface area contributed by atoms with Gasteiger partial charge in [-0.1, -0.05) is 78.9 Å². The molecule has 5 aromatic carbocycles. The smallest absolute Gasteiger partial charge is 0.0488 e. The zero-order valence-electron chi connectivity index (χ0n) is 18.6. The predicted molar refractivity (Wildman–Crippen MR) is 141 cm³/mol. The number of hydrogen-bond donors (Lipinski definition) is 1. The van der Waals surface area contributed by atoms with Gasteiger partial charge >= 0.3 is 0 Å². The first-order valence-corrected chi connectivity index (χ1v) is 11.2. The van der Waals surface area contributed by atoms with Crippen LogP contribution in [0.3, 0.4) is 0 Å². The van der Waals surface area contributed by atoms with E-state index in [0.29, 0.717) is 0 Å². The highest BCUT2D eigenvalue weighted by Crippen LogP contribution is 2.39. The van der Waals surface area contributed by atoms with Gasteiger partial charge in [0, 0.05) is 28.4 Å². The normalized spacial score (nSPS) is 10.6. The van der Waals surface area contributed by atoms with Crippen LogP contribution in [0.2, 0.25) is 0 Å². The maximum absolute atomic E-state index is 3.61. The number of nitrogens with one attached hydrogen (secondary N) is 1. The lowest BCUT2D eigenvalue weighted by Crippen LogP contribution is -2.10. The predicted octanol–water partition coefficient (Wildman–Crippen LogP) is 8.88. The first kappa shape index (κ1) is 20.6. The number of benzene rings is 5. The van der Waals surface area contributed by atoms with Crippen LogP contribution in [0.15, 0.2) is 133 Å². The van der Waals surface area contributed by atoms with E-state index in [1.165, 1.54) is 16.7 Å². The molecule has 0 amide bonds. The summed E-state index contributed by atoms with van der Waals surface area (Å²) in [7, 11) is 0. The van der Waals surface area contributed by atoms with Crippen molar-refractivity contribution in [1.82, 2.24) is 0 Å². The summed E-state index contributed by atoms with van der Waals surface area (Å²) in [4.78, 5) is 2.30. The lowest BCUT2D eigenvalue weighted by molar-refractivity contribution is 1.28. The molecule has 160 valence electrons. The quantitative estimate of drug-likeness (QED) is 0.292. The summed E-state index contributed by atoms with van der Waals surface area (Å²) in [6, 6.07) is 46.6. The monoisotopic (exact) mass is 426 g/mol. The third-order valence-electron chi connectivity index (χ3n) is 5.72. The minimum absolute atomic E-state index is 1.05. The molecular weight excluding hydrogens is 400 g/mol. The summed E-state index contributed by atoms with van der Waals surface area (Å²) in [5.41, 5.74) is 9.13. The molecule has 33 heavy (non-hydrogen) atoms. The van der Waals surface area contributed by atoms with Gasteiger partial charge in [-0.2, -0.15) is 0 Å². The van der Waals surface area contributed by atoms with Crippen molar-refractivity contribution in [3.63, 3.8) is 0 Å². The summed E-state index contributed by atoms with van der Waals surface area (Å²) in [5.74, 6) is 0. The van der Waals surface area contributed by atoms with Gasteiger partial charge < -0.3 is 10.2 Å². The minimum Gasteiger partial charge on any atom is -0.355 e. The molecule has 0 heterocycles. The van der Waals surface area contributed by atoms with Crippen LogP contribution in [0.1, 0.15) is 5.56 Å². The molecule has 0 aliphatic heterocycles. The molecule has 5 aromatic rings. The van der Waals surface area contributed by atoms with Crippen LogP contribution in [0, 0.1) is 6.92 Å². The Morgan fingerprint density at radius 3 is 1.64 bits per heavy atom. The maximum Gasteiger partial charge on any atom is 0.0488 e. The molecule has 0 aliphatic rings. The maximum atomic E-state index is 3.61. The Bertz CT molecular complexity index is 1290. The van der Waals surface area contributed by atoms with Crippen molar-refractivity contribution < 1.29 is 0 Å². The van der Waals surface area contributed by atoms with Crippen molar-refractivity contribution in [2.24, 2.45) is 0 Å². The van der Waals surface area contributed by atoms with E-state index in [1.807, 2.05) is 6.07 Å². The van der Waals surface area contributed by atoms with Gasteiger partial charge in [-0.25, -0.2) is 0 Å². The van der Waals surface area contributed by atoms with E-state index in [-0.39, 0.29) is 0 Å². The molecule has 5 rings (SSSR count). The summed E-state index contributed by atoms with van der Waals surface area (Å²) < 4.78 is 0. The molecule has 0 aliphatic carbocycles. The fraction of sp³-hybridized carbons (Fsp3) is 0.0323. The molecule has 0 saturated heterocycles. The third kappa shape index (κ3) is 4.65. The standard InChI is InChI=1S/C31H26N2/c1-24-13-11-12-20-31(24)25-21-27(32-26-14-5-2-6-15-26)23-30(22-25)33(28-16-7-3-8-17-28)29-18-9-4-10-19-29/h2-23,32H,1H3. The van der Waals surface area contributed by atoms with E-state index >= 15 is 0 Å². The van der Waals surface area contributed by atoms with E-state index in [0.717, 1.165) is 28.4 Å². The zero-order valence-corrected chi connectivity index (χ0v) is 18.6. The van der Waals surface area contributed by atoms with Crippen LogP contribution in [0.5, 0.6) is 0 Å². The minimum atomic E-state index is 1.05. The Kier molecular flexibility index (Phi) is 5.90. The average Bonchev–Trinajstić information content (AvgIpc) is 2.86. The van der Waals surface area contributed by atoms with Crippen molar-refractivity contribution in [3.8, 4) is 11.1 Å². The van der Waals surface area contributed by atoms with Crippen molar-refractivity contribution in [3.05, 3.63) is 139 Å². The Labute approximate surface area is 195 Å². The van der Waals surface area contributed by atoms with Crippen LogP contribution in [-0.4, -0.2) is 0 Å². The van der Waals surface area contributed by atoms with Crippen molar-refractivity contribution in [1.29, 1.82) is 0 Å². The van der Waals surface area contributed by atoms with Gasteiger partial charge in [0.2, 0.25) is 0 Å². The van der Waals surface area contributed by atoms with Crippen molar-refractivity contribution >= 4 is 28.4 Å². The molecule has 2 nitrogen and oxygen atoms in total. The Morgan fingerprint density at radius 1 is 0.485 bits per heavy atom. The molecule has 0 bridgehead atoms. The Balaban J connectivity index is 1.69. The summed E-state index contributed by atoms with van der Waals surface area (Å²) in [6.45, 7) is 2.17. The van der Waals surface area contributed by atoms with Gasteiger partial charge in [-0.15, -0.1) is 0 Å². The number of rotatable bonds is 6. The number of para-hydroxylation sites is 3. The molecular formula is C31H26N2. The van der Waals surface area contributed by atoms with Crippen LogP contribution in [0.25, 0.3) is 11.1 Å². The molecule has 1 N–H and O–H groups in total. The lowest BCUT2D eigenvalue weighted by Gasteiger charge is -2.27. The van der Waals surface area contributed by atoms with Gasteiger partial charge in [0.25, 0.3) is 0 Å². The Morgan fingerprint density at radius 2 is 1.03 bits per heavy atom. The van der Waals surface area contributed by atoms with E-state index in [4.69, 9.17) is 0 Å². The van der Waals surface area contributed by atoms with E-state index in [2.05, 4.69) is 145 Å². The van der Waals surface area contributed by atoms with E-state index < -0.39 is 0 Å². The largest absolute Gasteiger partial charge is 0.355 e. The second-order valence-corrected chi connectivity index (χ2v) is 8.08. The number of hydrogen-bond acceptors (Lipinski definition) is 2. The van der Waals surface area contributed by atoms with Gasteiger partial charge in [0.15, 0.2) is 0 Å². The topological polar surface area (TPSA) is 15.3 Å². The number of aryl methyl sites for hydroxylation is 1. The first-order valence-electron chi connectivity index (χ1n) is 11.2. The van der Waals surface area contributed by atoms with Crippen LogP contribution < -0.4 is 10.2 Å². The lowest BCUT2D eigenvalue weighted by atomic mass is 9.99. The first-order chi connectivity index (χ1) is 16.3. The second kappa shape index (κ2) is 9.46. The second-order valence-electron chi connectivity index (χ2n) is 8.08. The molecule has 0 fully saturated rings. The van der Waals surface area contributed by atoms with E-state index in [9.17, 15) is 0 Å². The fourth-order valence-corrected chi connectivity index (χ4v) is 4.15. The SMILES string of the molecule is Cc1ccccc1-c1cc(Nc2ccccc2)cc(N(c2ccccc2)c2ccccc2)c1. The van der Waals surface area contributed by atoms with Crippen molar-refractivity contribution in [2.45, 2.75) is 6.92 Å².